The number of anilines is 1. The second-order valence-electron chi connectivity index (χ2n) is 4.85. The van der Waals surface area contributed by atoms with Crippen LogP contribution in [-0.4, -0.2) is 44.2 Å². The van der Waals surface area contributed by atoms with Gasteiger partial charge in [-0.25, -0.2) is 8.78 Å². The van der Waals surface area contributed by atoms with Crippen molar-refractivity contribution in [1.82, 2.24) is 5.32 Å². The Morgan fingerprint density at radius 1 is 1.30 bits per heavy atom. The second kappa shape index (κ2) is 7.19. The molecule has 0 atom stereocenters. The number of hydrogen-bond donors (Lipinski definition) is 2. The van der Waals surface area contributed by atoms with Gasteiger partial charge in [0.05, 0.1) is 6.54 Å². The Morgan fingerprint density at radius 2 is 1.90 bits per heavy atom. The quantitative estimate of drug-likeness (QED) is 0.797. The number of benzene rings is 1. The summed E-state index contributed by atoms with van der Waals surface area (Å²) in [4.78, 5) is 13.4. The lowest BCUT2D eigenvalue weighted by Gasteiger charge is -2.14. The molecule has 1 aromatic rings. The SMILES string of the molecule is CN(C)c1ccc(CCC(=O)NCC(F)(F)CO)cc1. The Hall–Kier alpha value is -1.69. The van der Waals surface area contributed by atoms with Crippen LogP contribution in [0.3, 0.4) is 0 Å². The standard InChI is InChI=1S/C14H20F2N2O2/c1-18(2)12-6-3-11(4-7-12)5-8-13(20)17-9-14(15,16)10-19/h3-4,6-7,19H,5,8-10H2,1-2H3,(H,17,20). The molecule has 0 aliphatic heterocycles. The summed E-state index contributed by atoms with van der Waals surface area (Å²) in [6.07, 6.45) is 0.632. The van der Waals surface area contributed by atoms with Crippen molar-refractivity contribution >= 4 is 11.6 Å². The molecule has 0 aliphatic carbocycles. The molecule has 0 aromatic heterocycles. The normalized spacial score (nSPS) is 11.2. The van der Waals surface area contributed by atoms with Crippen molar-refractivity contribution in [1.29, 1.82) is 0 Å². The van der Waals surface area contributed by atoms with E-state index in [1.807, 2.05) is 43.3 Å². The van der Waals surface area contributed by atoms with Gasteiger partial charge in [-0.3, -0.25) is 4.79 Å². The zero-order chi connectivity index (χ0) is 15.2. The molecule has 1 rings (SSSR count). The Morgan fingerprint density at radius 3 is 2.40 bits per heavy atom. The number of halogens is 2. The molecule has 4 nitrogen and oxygen atoms in total. The van der Waals surface area contributed by atoms with Crippen LogP contribution in [0.2, 0.25) is 0 Å². The Kier molecular flexibility index (Phi) is 5.88. The van der Waals surface area contributed by atoms with E-state index in [4.69, 9.17) is 5.11 Å². The highest BCUT2D eigenvalue weighted by molar-refractivity contribution is 5.76. The van der Waals surface area contributed by atoms with Gasteiger partial charge in [-0.1, -0.05) is 12.1 Å². The average molecular weight is 286 g/mol. The molecule has 112 valence electrons. The van der Waals surface area contributed by atoms with Crippen LogP contribution in [0.1, 0.15) is 12.0 Å². The maximum atomic E-state index is 12.7. The van der Waals surface area contributed by atoms with Crippen LogP contribution in [0.25, 0.3) is 0 Å². The van der Waals surface area contributed by atoms with E-state index >= 15 is 0 Å². The summed E-state index contributed by atoms with van der Waals surface area (Å²) < 4.78 is 25.5. The van der Waals surface area contributed by atoms with Gasteiger partial charge in [-0.05, 0) is 24.1 Å². The van der Waals surface area contributed by atoms with Gasteiger partial charge in [-0.15, -0.1) is 0 Å². The van der Waals surface area contributed by atoms with Gasteiger partial charge >= 0.3 is 0 Å². The highest BCUT2D eigenvalue weighted by atomic mass is 19.3. The van der Waals surface area contributed by atoms with E-state index in [0.717, 1.165) is 11.3 Å². The van der Waals surface area contributed by atoms with Crippen molar-refractivity contribution in [2.24, 2.45) is 0 Å². The lowest BCUT2D eigenvalue weighted by molar-refractivity contribution is -0.124. The smallest absolute Gasteiger partial charge is 0.287 e. The predicted octanol–water partition coefficient (Wildman–Crippen LogP) is 1.43. The number of nitrogens with zero attached hydrogens (tertiary/aromatic N) is 1. The highest BCUT2D eigenvalue weighted by Crippen LogP contribution is 2.13. The second-order valence-corrected chi connectivity index (χ2v) is 4.85. The first-order valence-corrected chi connectivity index (χ1v) is 6.36. The summed E-state index contributed by atoms with van der Waals surface area (Å²) in [5.74, 6) is -3.71. The fourth-order valence-corrected chi connectivity index (χ4v) is 1.59. The minimum absolute atomic E-state index is 0.142. The first-order valence-electron chi connectivity index (χ1n) is 6.36. The minimum Gasteiger partial charge on any atom is -0.390 e. The first-order chi connectivity index (χ1) is 9.34. The number of aliphatic hydroxyl groups is 1. The minimum atomic E-state index is -3.26. The predicted molar refractivity (Wildman–Crippen MR) is 74.1 cm³/mol. The van der Waals surface area contributed by atoms with Crippen LogP contribution >= 0.6 is 0 Å². The van der Waals surface area contributed by atoms with Gasteiger partial charge in [0.2, 0.25) is 5.91 Å². The van der Waals surface area contributed by atoms with Crippen molar-refractivity contribution in [3.05, 3.63) is 29.8 Å². The van der Waals surface area contributed by atoms with Gasteiger partial charge in [0.15, 0.2) is 0 Å². The molecule has 0 fully saturated rings. The maximum absolute atomic E-state index is 12.7. The fraction of sp³-hybridized carbons (Fsp3) is 0.500. The monoisotopic (exact) mass is 286 g/mol. The number of hydrogen-bond acceptors (Lipinski definition) is 3. The number of aliphatic hydroxyl groups excluding tert-OH is 1. The molecule has 0 bridgehead atoms. The third kappa shape index (κ3) is 5.52. The van der Waals surface area contributed by atoms with Crippen LogP contribution in [0, 0.1) is 0 Å². The van der Waals surface area contributed by atoms with E-state index in [1.54, 1.807) is 0 Å². The number of aryl methyl sites for hydroxylation is 1. The van der Waals surface area contributed by atoms with Gasteiger partial charge < -0.3 is 15.3 Å². The summed E-state index contributed by atoms with van der Waals surface area (Å²) in [6.45, 7) is -2.10. The van der Waals surface area contributed by atoms with E-state index in [-0.39, 0.29) is 6.42 Å². The van der Waals surface area contributed by atoms with Crippen LogP contribution in [0.5, 0.6) is 0 Å². The zero-order valence-corrected chi connectivity index (χ0v) is 11.7. The molecule has 2 N–H and O–H groups in total. The third-order valence-electron chi connectivity index (χ3n) is 2.87. The molecule has 0 saturated carbocycles. The van der Waals surface area contributed by atoms with Crippen LogP contribution in [0.4, 0.5) is 14.5 Å². The molecule has 0 unspecified atom stereocenters. The van der Waals surface area contributed by atoms with Crippen LogP contribution in [0.15, 0.2) is 24.3 Å². The number of carbonyl (C=O) groups excluding carboxylic acids is 1. The summed E-state index contributed by atoms with van der Waals surface area (Å²) in [6, 6.07) is 7.69. The van der Waals surface area contributed by atoms with Crippen molar-refractivity contribution < 1.29 is 18.7 Å². The van der Waals surface area contributed by atoms with Crippen molar-refractivity contribution in [2.75, 3.05) is 32.1 Å². The summed E-state index contributed by atoms with van der Waals surface area (Å²) >= 11 is 0. The van der Waals surface area contributed by atoms with Crippen molar-refractivity contribution in [3.63, 3.8) is 0 Å². The van der Waals surface area contributed by atoms with E-state index < -0.39 is 25.0 Å². The van der Waals surface area contributed by atoms with Gasteiger partial charge in [0.25, 0.3) is 5.92 Å². The molecule has 1 aromatic carbocycles. The summed E-state index contributed by atoms with van der Waals surface area (Å²) in [7, 11) is 3.87. The summed E-state index contributed by atoms with van der Waals surface area (Å²) in [5, 5.41) is 10.5. The Labute approximate surface area is 117 Å². The first kappa shape index (κ1) is 16.4. The number of rotatable bonds is 7. The van der Waals surface area contributed by atoms with E-state index in [9.17, 15) is 13.6 Å². The molecule has 0 radical (unpaired) electrons. The zero-order valence-electron chi connectivity index (χ0n) is 11.7. The van der Waals surface area contributed by atoms with E-state index in [0.29, 0.717) is 6.42 Å². The molecular formula is C14H20F2N2O2. The molecule has 0 heterocycles. The molecule has 0 saturated heterocycles. The Bertz CT molecular complexity index is 433. The molecule has 1 amide bonds. The van der Waals surface area contributed by atoms with Crippen molar-refractivity contribution in [2.45, 2.75) is 18.8 Å². The van der Waals surface area contributed by atoms with E-state index in [1.165, 1.54) is 0 Å². The number of alkyl halides is 2. The molecule has 6 heteroatoms. The Balaban J connectivity index is 2.37. The molecule has 20 heavy (non-hydrogen) atoms. The van der Waals surface area contributed by atoms with Crippen LogP contribution in [-0.2, 0) is 11.2 Å². The number of amides is 1. The number of carbonyl (C=O) groups is 1. The molecule has 0 spiro atoms. The lowest BCUT2D eigenvalue weighted by Crippen LogP contribution is -2.39. The topological polar surface area (TPSA) is 52.6 Å². The fourth-order valence-electron chi connectivity index (χ4n) is 1.59. The van der Waals surface area contributed by atoms with E-state index in [2.05, 4.69) is 5.32 Å². The van der Waals surface area contributed by atoms with Gasteiger partial charge in [0, 0.05) is 26.2 Å². The largest absolute Gasteiger partial charge is 0.390 e. The summed E-state index contributed by atoms with van der Waals surface area (Å²) in [5.41, 5.74) is 2.03. The number of nitrogens with one attached hydrogen (secondary N) is 1. The van der Waals surface area contributed by atoms with Crippen molar-refractivity contribution in [3.8, 4) is 0 Å². The maximum Gasteiger partial charge on any atom is 0.287 e. The van der Waals surface area contributed by atoms with Crippen LogP contribution < -0.4 is 10.2 Å². The van der Waals surface area contributed by atoms with Gasteiger partial charge in [0.1, 0.15) is 6.61 Å². The third-order valence-corrected chi connectivity index (χ3v) is 2.87. The molecule has 0 aliphatic rings. The highest BCUT2D eigenvalue weighted by Gasteiger charge is 2.27. The average Bonchev–Trinajstić information content (AvgIpc) is 2.43. The molecular weight excluding hydrogens is 266 g/mol. The van der Waals surface area contributed by atoms with Gasteiger partial charge in [-0.2, -0.15) is 0 Å². The lowest BCUT2D eigenvalue weighted by atomic mass is 10.1.